The molecule has 5 rings (SSSR count). The van der Waals surface area contributed by atoms with Crippen molar-refractivity contribution in [3.63, 3.8) is 0 Å². The lowest BCUT2D eigenvalue weighted by molar-refractivity contribution is 0.181. The number of carbonyl (C=O) groups is 1. The summed E-state index contributed by atoms with van der Waals surface area (Å²) in [7, 11) is 0. The van der Waals surface area contributed by atoms with Crippen LogP contribution in [0, 0.1) is 24.1 Å². The average Bonchev–Trinajstić information content (AvgIpc) is 3.17. The van der Waals surface area contributed by atoms with Crippen LogP contribution in [-0.2, 0) is 17.7 Å². The van der Waals surface area contributed by atoms with E-state index < -0.39 is 0 Å². The van der Waals surface area contributed by atoms with E-state index in [0.29, 0.717) is 54.8 Å². The SMILES string of the molecule is Cc1cc(F)cc2c(N3CCc4c(cccc4N4CCOC4=O)C3)c(C#N)cnc12. The lowest BCUT2D eigenvalue weighted by Crippen LogP contribution is -2.33. The third kappa shape index (κ3) is 2.84. The van der Waals surface area contributed by atoms with E-state index in [1.54, 1.807) is 11.1 Å². The number of nitriles is 1. The second kappa shape index (κ2) is 6.99. The first-order valence-electron chi connectivity index (χ1n) is 9.86. The van der Waals surface area contributed by atoms with Gasteiger partial charge in [-0.25, -0.2) is 9.18 Å². The molecular formula is C23H19FN4O2. The molecule has 0 spiro atoms. The van der Waals surface area contributed by atoms with Crippen molar-refractivity contribution >= 4 is 28.4 Å². The fourth-order valence-corrected chi connectivity index (χ4v) is 4.49. The van der Waals surface area contributed by atoms with E-state index in [1.807, 2.05) is 25.1 Å². The van der Waals surface area contributed by atoms with Crippen molar-refractivity contribution in [3.05, 3.63) is 64.6 Å². The van der Waals surface area contributed by atoms with E-state index >= 15 is 0 Å². The van der Waals surface area contributed by atoms with Gasteiger partial charge in [-0.2, -0.15) is 5.26 Å². The molecule has 7 heteroatoms. The zero-order chi connectivity index (χ0) is 20.8. The van der Waals surface area contributed by atoms with Crippen molar-refractivity contribution in [2.45, 2.75) is 19.9 Å². The molecule has 0 N–H and O–H groups in total. The van der Waals surface area contributed by atoms with Crippen molar-refractivity contribution < 1.29 is 13.9 Å². The molecule has 2 aliphatic heterocycles. The number of ether oxygens (including phenoxy) is 1. The van der Waals surface area contributed by atoms with Crippen molar-refractivity contribution in [1.82, 2.24) is 4.98 Å². The molecular weight excluding hydrogens is 383 g/mol. The molecule has 0 unspecified atom stereocenters. The van der Waals surface area contributed by atoms with Gasteiger partial charge >= 0.3 is 6.09 Å². The number of aryl methyl sites for hydroxylation is 1. The van der Waals surface area contributed by atoms with Gasteiger partial charge in [0, 0.05) is 24.7 Å². The summed E-state index contributed by atoms with van der Waals surface area (Å²) in [5, 5.41) is 10.3. The molecule has 1 fully saturated rings. The number of hydrogen-bond acceptors (Lipinski definition) is 5. The largest absolute Gasteiger partial charge is 0.447 e. The first-order chi connectivity index (χ1) is 14.6. The van der Waals surface area contributed by atoms with Crippen LogP contribution in [0.2, 0.25) is 0 Å². The van der Waals surface area contributed by atoms with Gasteiger partial charge < -0.3 is 9.64 Å². The minimum absolute atomic E-state index is 0.316. The summed E-state index contributed by atoms with van der Waals surface area (Å²) in [6, 6.07) is 11.0. The summed E-state index contributed by atoms with van der Waals surface area (Å²) < 4.78 is 19.3. The summed E-state index contributed by atoms with van der Waals surface area (Å²) in [6.45, 7) is 3.98. The fourth-order valence-electron chi connectivity index (χ4n) is 4.49. The molecule has 3 aromatic rings. The summed E-state index contributed by atoms with van der Waals surface area (Å²) in [6.07, 6.45) is 1.95. The number of carbonyl (C=O) groups excluding carboxylic acids is 1. The molecule has 30 heavy (non-hydrogen) atoms. The van der Waals surface area contributed by atoms with Gasteiger partial charge in [-0.15, -0.1) is 0 Å². The third-order valence-corrected chi connectivity index (χ3v) is 5.83. The Balaban J connectivity index is 1.60. The minimum atomic E-state index is -0.342. The lowest BCUT2D eigenvalue weighted by Gasteiger charge is -2.34. The molecule has 2 aliphatic rings. The molecule has 0 radical (unpaired) electrons. The maximum Gasteiger partial charge on any atom is 0.414 e. The zero-order valence-corrected chi connectivity index (χ0v) is 16.5. The third-order valence-electron chi connectivity index (χ3n) is 5.83. The quantitative estimate of drug-likeness (QED) is 0.646. The molecule has 2 aromatic carbocycles. The predicted octanol–water partition coefficient (Wildman–Crippen LogP) is 4.07. The number of pyridine rings is 1. The number of halogens is 1. The fraction of sp³-hybridized carbons (Fsp3) is 0.261. The normalized spacial score (nSPS) is 15.8. The lowest BCUT2D eigenvalue weighted by atomic mass is 9.95. The van der Waals surface area contributed by atoms with E-state index in [0.717, 1.165) is 22.4 Å². The topological polar surface area (TPSA) is 69.5 Å². The second-order valence-electron chi connectivity index (χ2n) is 7.60. The van der Waals surface area contributed by atoms with Gasteiger partial charge in [0.2, 0.25) is 0 Å². The van der Waals surface area contributed by atoms with Crippen LogP contribution in [0.1, 0.15) is 22.3 Å². The van der Waals surface area contributed by atoms with Gasteiger partial charge in [0.15, 0.2) is 0 Å². The van der Waals surface area contributed by atoms with Crippen molar-refractivity contribution in [1.29, 1.82) is 5.26 Å². The first-order valence-corrected chi connectivity index (χ1v) is 9.86. The number of amides is 1. The molecule has 1 amide bonds. The average molecular weight is 402 g/mol. The Labute approximate surface area is 173 Å². The Morgan fingerprint density at radius 1 is 1.27 bits per heavy atom. The number of cyclic esters (lactones) is 1. The maximum absolute atomic E-state index is 14.2. The van der Waals surface area contributed by atoms with Gasteiger partial charge in [-0.3, -0.25) is 9.88 Å². The van der Waals surface area contributed by atoms with Crippen LogP contribution < -0.4 is 9.80 Å². The van der Waals surface area contributed by atoms with Gasteiger partial charge in [0.05, 0.1) is 29.0 Å². The van der Waals surface area contributed by atoms with Gasteiger partial charge in [0.1, 0.15) is 18.5 Å². The summed E-state index contributed by atoms with van der Waals surface area (Å²) in [5.41, 5.74) is 5.66. The van der Waals surface area contributed by atoms with Crippen LogP contribution in [0.15, 0.2) is 36.5 Å². The number of nitrogens with zero attached hydrogens (tertiary/aromatic N) is 4. The molecule has 0 bridgehead atoms. The van der Waals surface area contributed by atoms with E-state index in [1.165, 1.54) is 12.1 Å². The highest BCUT2D eigenvalue weighted by Gasteiger charge is 2.29. The summed E-state index contributed by atoms with van der Waals surface area (Å²) in [4.78, 5) is 20.2. The standard InChI is InChI=1S/C23H19FN4O2/c1-14-9-17(24)10-19-21(14)26-12-16(11-25)22(19)27-6-5-18-15(13-27)3-2-4-20(18)28-7-8-30-23(28)29/h2-4,9-10,12H,5-8,13H2,1H3. The van der Waals surface area contributed by atoms with Gasteiger partial charge in [-0.05, 0) is 48.2 Å². The number of fused-ring (bicyclic) bond motifs is 2. The van der Waals surface area contributed by atoms with E-state index in [4.69, 9.17) is 4.74 Å². The molecule has 1 saturated heterocycles. The number of rotatable bonds is 2. The van der Waals surface area contributed by atoms with Gasteiger partial charge in [0.25, 0.3) is 0 Å². The van der Waals surface area contributed by atoms with Crippen LogP contribution in [0.5, 0.6) is 0 Å². The minimum Gasteiger partial charge on any atom is -0.447 e. The van der Waals surface area contributed by atoms with Gasteiger partial charge in [-0.1, -0.05) is 12.1 Å². The molecule has 0 saturated carbocycles. The first kappa shape index (κ1) is 18.4. The van der Waals surface area contributed by atoms with Crippen molar-refractivity contribution in [3.8, 4) is 6.07 Å². The highest BCUT2D eigenvalue weighted by Crippen LogP contribution is 2.37. The zero-order valence-electron chi connectivity index (χ0n) is 16.5. The predicted molar refractivity (Wildman–Crippen MR) is 111 cm³/mol. The summed E-state index contributed by atoms with van der Waals surface area (Å²) in [5.74, 6) is -0.342. The highest BCUT2D eigenvalue weighted by molar-refractivity contribution is 5.96. The highest BCUT2D eigenvalue weighted by atomic mass is 19.1. The molecule has 0 aliphatic carbocycles. The van der Waals surface area contributed by atoms with Crippen LogP contribution >= 0.6 is 0 Å². The molecule has 0 atom stereocenters. The van der Waals surface area contributed by atoms with E-state index in [2.05, 4.69) is 16.0 Å². The molecule has 1 aromatic heterocycles. The Bertz CT molecular complexity index is 1230. The van der Waals surface area contributed by atoms with Crippen LogP contribution in [0.4, 0.5) is 20.6 Å². The number of aromatic nitrogens is 1. The number of benzene rings is 2. The van der Waals surface area contributed by atoms with E-state index in [9.17, 15) is 14.4 Å². The Hall–Kier alpha value is -3.66. The molecule has 150 valence electrons. The Kier molecular flexibility index (Phi) is 4.28. The Morgan fingerprint density at radius 2 is 2.13 bits per heavy atom. The monoisotopic (exact) mass is 402 g/mol. The smallest absolute Gasteiger partial charge is 0.414 e. The van der Waals surface area contributed by atoms with Crippen LogP contribution in [-0.4, -0.2) is 30.8 Å². The van der Waals surface area contributed by atoms with E-state index in [-0.39, 0.29) is 11.9 Å². The molecule has 3 heterocycles. The Morgan fingerprint density at radius 3 is 2.90 bits per heavy atom. The molecule has 6 nitrogen and oxygen atoms in total. The number of anilines is 2. The van der Waals surface area contributed by atoms with Crippen molar-refractivity contribution in [2.75, 3.05) is 29.5 Å². The second-order valence-corrected chi connectivity index (χ2v) is 7.60. The van der Waals surface area contributed by atoms with Crippen molar-refractivity contribution in [2.24, 2.45) is 0 Å². The number of hydrogen-bond donors (Lipinski definition) is 0. The van der Waals surface area contributed by atoms with Crippen LogP contribution in [0.25, 0.3) is 10.9 Å². The van der Waals surface area contributed by atoms with Crippen LogP contribution in [0.3, 0.4) is 0 Å². The summed E-state index contributed by atoms with van der Waals surface area (Å²) >= 11 is 0. The maximum atomic E-state index is 14.2.